The lowest BCUT2D eigenvalue weighted by atomic mass is 10.2. The second kappa shape index (κ2) is 7.62. The lowest BCUT2D eigenvalue weighted by Gasteiger charge is -2.23. The van der Waals surface area contributed by atoms with Gasteiger partial charge in [0.25, 0.3) is 0 Å². The van der Waals surface area contributed by atoms with E-state index in [-0.39, 0.29) is 12.2 Å². The highest BCUT2D eigenvalue weighted by molar-refractivity contribution is 5.20. The van der Waals surface area contributed by atoms with Crippen molar-refractivity contribution >= 4 is 5.69 Å². The summed E-state index contributed by atoms with van der Waals surface area (Å²) in [4.78, 5) is 16.4. The number of aliphatic hydroxyl groups excluding tert-OH is 1. The van der Waals surface area contributed by atoms with Crippen LogP contribution in [-0.2, 0) is 13.1 Å². The normalized spacial score (nSPS) is 12.5. The summed E-state index contributed by atoms with van der Waals surface area (Å²) >= 11 is 0. The van der Waals surface area contributed by atoms with Crippen LogP contribution in [0.15, 0.2) is 36.8 Å². The smallest absolute Gasteiger partial charge is 0.306 e. The second-order valence-electron chi connectivity index (χ2n) is 4.98. The third-order valence-electron chi connectivity index (χ3n) is 3.26. The first-order valence-electron chi connectivity index (χ1n) is 7.05. The minimum atomic E-state index is -0.664. The Kier molecular flexibility index (Phi) is 5.56. The molecule has 118 valence electrons. The van der Waals surface area contributed by atoms with Gasteiger partial charge in [-0.2, -0.15) is 5.10 Å². The van der Waals surface area contributed by atoms with Crippen molar-refractivity contribution in [1.29, 1.82) is 0 Å². The van der Waals surface area contributed by atoms with Crippen LogP contribution in [0.25, 0.3) is 0 Å². The first kappa shape index (κ1) is 16.1. The lowest BCUT2D eigenvalue weighted by molar-refractivity contribution is -0.385. The van der Waals surface area contributed by atoms with Crippen LogP contribution in [0.3, 0.4) is 0 Å². The maximum atomic E-state index is 10.6. The van der Waals surface area contributed by atoms with Crippen molar-refractivity contribution in [1.82, 2.24) is 19.7 Å². The number of hydrogen-bond donors (Lipinski definition) is 1. The van der Waals surface area contributed by atoms with E-state index < -0.39 is 11.0 Å². The van der Waals surface area contributed by atoms with Gasteiger partial charge in [0.1, 0.15) is 12.4 Å². The van der Waals surface area contributed by atoms with E-state index in [2.05, 4.69) is 15.0 Å². The molecule has 0 aromatic carbocycles. The van der Waals surface area contributed by atoms with Crippen molar-refractivity contribution in [2.45, 2.75) is 26.1 Å². The number of nitro groups is 1. The largest absolute Gasteiger partial charge is 0.390 e. The van der Waals surface area contributed by atoms with E-state index in [9.17, 15) is 15.2 Å². The topological polar surface area (TPSA) is 97.3 Å². The maximum absolute atomic E-state index is 10.6. The number of aliphatic hydroxyl groups is 1. The third-order valence-corrected chi connectivity index (χ3v) is 3.26. The quantitative estimate of drug-likeness (QED) is 0.579. The van der Waals surface area contributed by atoms with Crippen LogP contribution in [-0.4, -0.2) is 48.9 Å². The van der Waals surface area contributed by atoms with Gasteiger partial charge in [-0.3, -0.25) is 24.7 Å². The standard InChI is InChI=1S/C14H19N5O3/c1-2-17(8-12-5-3-4-6-15-12)10-14(20)11-18-9-13(7-16-18)19(21)22/h3-7,9,14,20H,2,8,10-11H2,1H3. The average molecular weight is 305 g/mol. The fraction of sp³-hybridized carbons (Fsp3) is 0.429. The highest BCUT2D eigenvalue weighted by Gasteiger charge is 2.15. The van der Waals surface area contributed by atoms with E-state index in [1.54, 1.807) is 6.20 Å². The summed E-state index contributed by atoms with van der Waals surface area (Å²) in [6, 6.07) is 5.72. The molecular formula is C14H19N5O3. The van der Waals surface area contributed by atoms with E-state index in [1.807, 2.05) is 25.1 Å². The van der Waals surface area contributed by atoms with Crippen LogP contribution in [0, 0.1) is 10.1 Å². The van der Waals surface area contributed by atoms with Crippen LogP contribution in [0.1, 0.15) is 12.6 Å². The van der Waals surface area contributed by atoms with E-state index in [0.717, 1.165) is 12.2 Å². The second-order valence-corrected chi connectivity index (χ2v) is 4.98. The van der Waals surface area contributed by atoms with E-state index in [4.69, 9.17) is 0 Å². The molecule has 2 rings (SSSR count). The van der Waals surface area contributed by atoms with Gasteiger partial charge in [0.05, 0.1) is 23.3 Å². The molecular weight excluding hydrogens is 286 g/mol. The van der Waals surface area contributed by atoms with Crippen molar-refractivity contribution in [2.75, 3.05) is 13.1 Å². The fourth-order valence-electron chi connectivity index (χ4n) is 2.14. The van der Waals surface area contributed by atoms with Gasteiger partial charge in [-0.1, -0.05) is 13.0 Å². The summed E-state index contributed by atoms with van der Waals surface area (Å²) in [5.74, 6) is 0. The summed E-state index contributed by atoms with van der Waals surface area (Å²) in [5, 5.41) is 24.6. The molecule has 2 heterocycles. The molecule has 0 radical (unpaired) electrons. The van der Waals surface area contributed by atoms with Crippen LogP contribution in [0.4, 0.5) is 5.69 Å². The van der Waals surface area contributed by atoms with Crippen molar-refractivity contribution in [3.63, 3.8) is 0 Å². The van der Waals surface area contributed by atoms with Crippen LogP contribution in [0.5, 0.6) is 0 Å². The number of likely N-dealkylation sites (N-methyl/N-ethyl adjacent to an activating group) is 1. The number of aromatic nitrogens is 3. The molecule has 8 nitrogen and oxygen atoms in total. The molecule has 22 heavy (non-hydrogen) atoms. The molecule has 0 aliphatic heterocycles. The molecule has 2 aromatic rings. The minimum absolute atomic E-state index is 0.0759. The molecule has 1 unspecified atom stereocenters. The maximum Gasteiger partial charge on any atom is 0.306 e. The predicted octanol–water partition coefficient (Wildman–Crippen LogP) is 1.07. The Morgan fingerprint density at radius 2 is 2.32 bits per heavy atom. The van der Waals surface area contributed by atoms with Gasteiger partial charge in [-0.25, -0.2) is 0 Å². The Morgan fingerprint density at radius 3 is 2.91 bits per heavy atom. The summed E-state index contributed by atoms with van der Waals surface area (Å²) in [6.45, 7) is 4.09. The molecule has 0 aliphatic rings. The van der Waals surface area contributed by atoms with E-state index >= 15 is 0 Å². The average Bonchev–Trinajstić information content (AvgIpc) is 2.96. The zero-order chi connectivity index (χ0) is 15.9. The van der Waals surface area contributed by atoms with Gasteiger partial charge < -0.3 is 5.11 Å². The molecule has 0 spiro atoms. The molecule has 2 aromatic heterocycles. The van der Waals surface area contributed by atoms with Crippen molar-refractivity contribution in [2.24, 2.45) is 0 Å². The van der Waals surface area contributed by atoms with Crippen molar-refractivity contribution < 1.29 is 10.0 Å². The molecule has 1 N–H and O–H groups in total. The molecule has 0 amide bonds. The Hall–Kier alpha value is -2.32. The third kappa shape index (κ3) is 4.61. The summed E-state index contributed by atoms with van der Waals surface area (Å²) < 4.78 is 1.39. The molecule has 0 bridgehead atoms. The molecule has 0 saturated carbocycles. The Bertz CT molecular complexity index is 602. The number of pyridine rings is 1. The highest BCUT2D eigenvalue weighted by atomic mass is 16.6. The van der Waals surface area contributed by atoms with Gasteiger partial charge in [-0.15, -0.1) is 0 Å². The van der Waals surface area contributed by atoms with Crippen LogP contribution < -0.4 is 0 Å². The summed E-state index contributed by atoms with van der Waals surface area (Å²) in [6.07, 6.45) is 3.57. The number of hydrogen-bond acceptors (Lipinski definition) is 6. The van der Waals surface area contributed by atoms with E-state index in [0.29, 0.717) is 13.1 Å². The zero-order valence-corrected chi connectivity index (χ0v) is 12.4. The monoisotopic (exact) mass is 305 g/mol. The zero-order valence-electron chi connectivity index (χ0n) is 12.4. The van der Waals surface area contributed by atoms with Crippen molar-refractivity contribution in [3.05, 3.63) is 52.6 Å². The van der Waals surface area contributed by atoms with Crippen molar-refractivity contribution in [3.8, 4) is 0 Å². The Morgan fingerprint density at radius 1 is 1.50 bits per heavy atom. The molecule has 1 atom stereocenters. The highest BCUT2D eigenvalue weighted by Crippen LogP contribution is 2.09. The summed E-state index contributed by atoms with van der Waals surface area (Å²) in [7, 11) is 0. The molecule has 0 aliphatic carbocycles. The van der Waals surface area contributed by atoms with Gasteiger partial charge >= 0.3 is 5.69 Å². The Labute approximate surface area is 128 Å². The SMILES string of the molecule is CCN(Cc1ccccn1)CC(O)Cn1cc([N+](=O)[O-])cn1. The minimum Gasteiger partial charge on any atom is -0.390 e. The van der Waals surface area contributed by atoms with Gasteiger partial charge in [0.2, 0.25) is 0 Å². The molecule has 8 heteroatoms. The first-order valence-corrected chi connectivity index (χ1v) is 7.05. The molecule has 0 fully saturated rings. The first-order chi connectivity index (χ1) is 10.6. The van der Waals surface area contributed by atoms with Gasteiger partial charge in [-0.05, 0) is 18.7 Å². The lowest BCUT2D eigenvalue weighted by Crippen LogP contribution is -2.34. The van der Waals surface area contributed by atoms with Crippen LogP contribution in [0.2, 0.25) is 0 Å². The number of rotatable bonds is 8. The Balaban J connectivity index is 1.88. The number of nitrogens with zero attached hydrogens (tertiary/aromatic N) is 5. The summed E-state index contributed by atoms with van der Waals surface area (Å²) in [5.41, 5.74) is 0.860. The fourth-order valence-corrected chi connectivity index (χ4v) is 2.14. The van der Waals surface area contributed by atoms with Crippen LogP contribution >= 0.6 is 0 Å². The van der Waals surface area contributed by atoms with E-state index in [1.165, 1.54) is 17.1 Å². The van der Waals surface area contributed by atoms with Gasteiger partial charge in [0.15, 0.2) is 0 Å². The predicted molar refractivity (Wildman–Crippen MR) is 80.1 cm³/mol. The van der Waals surface area contributed by atoms with Gasteiger partial charge in [0, 0.05) is 19.3 Å². The molecule has 0 saturated heterocycles.